The summed E-state index contributed by atoms with van der Waals surface area (Å²) in [5.41, 5.74) is 0.867. The lowest BCUT2D eigenvalue weighted by atomic mass is 9.82. The topological polar surface area (TPSA) is 52.6 Å². The van der Waals surface area contributed by atoms with Gasteiger partial charge in [-0.05, 0) is 42.5 Å². The zero-order valence-electron chi connectivity index (χ0n) is 19.2. The fourth-order valence-corrected chi connectivity index (χ4v) is 3.65. The van der Waals surface area contributed by atoms with Crippen molar-refractivity contribution in [1.82, 2.24) is 0 Å². The molecule has 0 saturated heterocycles. The van der Waals surface area contributed by atoms with Gasteiger partial charge < -0.3 is 9.47 Å². The maximum Gasteiger partial charge on any atom is 0.328 e. The predicted octanol–water partition coefficient (Wildman–Crippen LogP) is 6.97. The first-order chi connectivity index (χ1) is 15.1. The smallest absolute Gasteiger partial charge is 0.328 e. The van der Waals surface area contributed by atoms with Gasteiger partial charge in [0.2, 0.25) is 0 Å². The maximum atomic E-state index is 13.0. The third-order valence-corrected chi connectivity index (χ3v) is 5.89. The molecule has 4 nitrogen and oxygen atoms in total. The van der Waals surface area contributed by atoms with Crippen molar-refractivity contribution in [2.45, 2.75) is 72.1 Å². The molecule has 2 aromatic rings. The Labute approximate surface area is 187 Å². The molecule has 4 heteroatoms. The summed E-state index contributed by atoms with van der Waals surface area (Å²) in [4.78, 5) is 25.8. The Morgan fingerprint density at radius 1 is 0.710 bits per heavy atom. The first-order valence-corrected chi connectivity index (χ1v) is 11.6. The van der Waals surface area contributed by atoms with Crippen molar-refractivity contribution in [2.24, 2.45) is 5.41 Å². The quantitative estimate of drug-likeness (QED) is 0.151. The maximum absolute atomic E-state index is 13.0. The molecule has 0 aliphatic rings. The molecule has 0 unspecified atom stereocenters. The first kappa shape index (κ1) is 24.6. The summed E-state index contributed by atoms with van der Waals surface area (Å²) in [6.07, 6.45) is 7.38. The molecule has 0 atom stereocenters. The molecule has 2 aromatic carbocycles. The second-order valence-corrected chi connectivity index (χ2v) is 7.97. The van der Waals surface area contributed by atoms with Crippen LogP contribution in [-0.4, -0.2) is 18.5 Å². The van der Waals surface area contributed by atoms with E-state index in [-0.39, 0.29) is 0 Å². The van der Waals surface area contributed by atoms with Crippen molar-refractivity contribution in [3.05, 3.63) is 54.6 Å². The van der Waals surface area contributed by atoms with Gasteiger partial charge in [0.25, 0.3) is 0 Å². The number of ether oxygens (including phenoxy) is 2. The van der Waals surface area contributed by atoms with Crippen LogP contribution in [0.15, 0.2) is 54.6 Å². The number of benzene rings is 2. The molecule has 0 spiro atoms. The minimum Gasteiger partial charge on any atom is -0.465 e. The van der Waals surface area contributed by atoms with Crippen LogP contribution < -0.4 is 4.74 Å². The van der Waals surface area contributed by atoms with Crippen molar-refractivity contribution < 1.29 is 19.1 Å². The molecule has 0 aliphatic heterocycles. The third-order valence-electron chi connectivity index (χ3n) is 5.89. The summed E-state index contributed by atoms with van der Waals surface area (Å²) in [6, 6.07) is 17.3. The van der Waals surface area contributed by atoms with Crippen LogP contribution in [0.4, 0.5) is 0 Å². The van der Waals surface area contributed by atoms with Crippen molar-refractivity contribution in [3.8, 4) is 16.9 Å². The van der Waals surface area contributed by atoms with Gasteiger partial charge in [-0.15, -0.1) is 0 Å². The van der Waals surface area contributed by atoms with Crippen LogP contribution in [0.25, 0.3) is 11.1 Å². The molecule has 0 radical (unpaired) electrons. The van der Waals surface area contributed by atoms with Crippen LogP contribution in [0, 0.1) is 5.41 Å². The van der Waals surface area contributed by atoms with Crippen molar-refractivity contribution in [3.63, 3.8) is 0 Å². The highest BCUT2D eigenvalue weighted by molar-refractivity contribution is 6.00. The molecule has 0 amide bonds. The van der Waals surface area contributed by atoms with E-state index in [0.29, 0.717) is 25.2 Å². The Bertz CT molecular complexity index is 792. The normalized spacial score (nSPS) is 11.2. The molecule has 0 aromatic heterocycles. The molecular weight excluding hydrogens is 388 g/mol. The van der Waals surface area contributed by atoms with E-state index in [1.165, 1.54) is 19.3 Å². The number of rotatable bonds is 13. The molecule has 0 bridgehead atoms. The van der Waals surface area contributed by atoms with Gasteiger partial charge in [0, 0.05) is 0 Å². The molecule has 0 fully saturated rings. The van der Waals surface area contributed by atoms with Gasteiger partial charge in [0.05, 0.1) is 6.61 Å². The summed E-state index contributed by atoms with van der Waals surface area (Å²) in [7, 11) is 0. The monoisotopic (exact) mass is 424 g/mol. The van der Waals surface area contributed by atoms with E-state index >= 15 is 0 Å². The minimum atomic E-state index is -1.26. The Balaban J connectivity index is 1.94. The van der Waals surface area contributed by atoms with Crippen molar-refractivity contribution >= 4 is 11.9 Å². The number of carbonyl (C=O) groups is 2. The SMILES string of the molecule is CCCCCCCCOC(=O)C(CC)(CC)C(=O)Oc1ccc(-c2ccccc2)cc1. The van der Waals surface area contributed by atoms with Gasteiger partial charge in [0.1, 0.15) is 5.75 Å². The van der Waals surface area contributed by atoms with E-state index in [4.69, 9.17) is 9.47 Å². The fraction of sp³-hybridized carbons (Fsp3) is 0.481. The standard InChI is InChI=1S/C27H36O4/c1-4-7-8-9-10-14-21-30-25(28)27(5-2,6-3)26(29)31-24-19-17-23(18-20-24)22-15-12-11-13-16-22/h11-13,15-20H,4-10,14,21H2,1-3H3. The molecule has 168 valence electrons. The van der Waals surface area contributed by atoms with Crippen molar-refractivity contribution in [2.75, 3.05) is 6.61 Å². The summed E-state index contributed by atoms with van der Waals surface area (Å²) in [6.45, 7) is 6.20. The van der Waals surface area contributed by atoms with E-state index in [0.717, 1.165) is 30.4 Å². The van der Waals surface area contributed by atoms with E-state index in [2.05, 4.69) is 6.92 Å². The lowest BCUT2D eigenvalue weighted by Crippen LogP contribution is -2.42. The molecule has 0 heterocycles. The minimum absolute atomic E-state index is 0.347. The van der Waals surface area contributed by atoms with Crippen LogP contribution in [0.5, 0.6) is 5.75 Å². The Hall–Kier alpha value is -2.62. The van der Waals surface area contributed by atoms with Gasteiger partial charge >= 0.3 is 11.9 Å². The van der Waals surface area contributed by atoms with E-state index in [1.807, 2.05) is 56.3 Å². The second kappa shape index (κ2) is 12.9. The Kier molecular flexibility index (Phi) is 10.3. The number of hydrogen-bond acceptors (Lipinski definition) is 4. The number of carbonyl (C=O) groups excluding carboxylic acids is 2. The molecule has 2 rings (SSSR count). The van der Waals surface area contributed by atoms with Crippen molar-refractivity contribution in [1.29, 1.82) is 0 Å². The third kappa shape index (κ3) is 6.95. The van der Waals surface area contributed by atoms with E-state index in [1.54, 1.807) is 12.1 Å². The van der Waals surface area contributed by atoms with Crippen LogP contribution in [-0.2, 0) is 14.3 Å². The van der Waals surface area contributed by atoms with Crippen LogP contribution >= 0.6 is 0 Å². The number of hydrogen-bond donors (Lipinski definition) is 0. The largest absolute Gasteiger partial charge is 0.465 e. The summed E-state index contributed by atoms with van der Waals surface area (Å²) >= 11 is 0. The van der Waals surface area contributed by atoms with Gasteiger partial charge in [-0.1, -0.05) is 95.3 Å². The van der Waals surface area contributed by atoms with Gasteiger partial charge in [-0.2, -0.15) is 0 Å². The van der Waals surface area contributed by atoms with Gasteiger partial charge in [-0.25, -0.2) is 0 Å². The second-order valence-electron chi connectivity index (χ2n) is 7.97. The number of esters is 2. The summed E-state index contributed by atoms with van der Waals surface area (Å²) in [5, 5.41) is 0. The molecule has 31 heavy (non-hydrogen) atoms. The zero-order valence-corrected chi connectivity index (χ0v) is 19.2. The average Bonchev–Trinajstić information content (AvgIpc) is 2.81. The van der Waals surface area contributed by atoms with E-state index in [9.17, 15) is 9.59 Å². The zero-order chi connectivity index (χ0) is 22.5. The Morgan fingerprint density at radius 3 is 1.90 bits per heavy atom. The van der Waals surface area contributed by atoms with Crippen LogP contribution in [0.1, 0.15) is 72.1 Å². The predicted molar refractivity (Wildman–Crippen MR) is 125 cm³/mol. The highest BCUT2D eigenvalue weighted by Gasteiger charge is 2.46. The highest BCUT2D eigenvalue weighted by atomic mass is 16.6. The lowest BCUT2D eigenvalue weighted by molar-refractivity contribution is -0.168. The molecule has 0 saturated carbocycles. The fourth-order valence-electron chi connectivity index (χ4n) is 3.65. The van der Waals surface area contributed by atoms with Gasteiger partial charge in [-0.3, -0.25) is 9.59 Å². The van der Waals surface area contributed by atoms with Crippen LogP contribution in [0.2, 0.25) is 0 Å². The van der Waals surface area contributed by atoms with Gasteiger partial charge in [0.15, 0.2) is 5.41 Å². The van der Waals surface area contributed by atoms with E-state index < -0.39 is 17.4 Å². The molecule has 0 aliphatic carbocycles. The molecule has 0 N–H and O–H groups in total. The average molecular weight is 425 g/mol. The number of unbranched alkanes of at least 4 members (excludes halogenated alkanes) is 5. The summed E-state index contributed by atoms with van der Waals surface area (Å²) in [5.74, 6) is -0.588. The highest BCUT2D eigenvalue weighted by Crippen LogP contribution is 2.32. The summed E-state index contributed by atoms with van der Waals surface area (Å²) < 4.78 is 11.1. The molecular formula is C27H36O4. The Morgan fingerprint density at radius 2 is 1.29 bits per heavy atom. The van der Waals surface area contributed by atoms with Crippen LogP contribution in [0.3, 0.4) is 0 Å². The first-order valence-electron chi connectivity index (χ1n) is 11.6. The lowest BCUT2D eigenvalue weighted by Gasteiger charge is -2.26.